The molecule has 2 nitrogen and oxygen atoms in total. The van der Waals surface area contributed by atoms with Gasteiger partial charge in [-0.25, -0.2) is 0 Å². The minimum absolute atomic E-state index is 0.624. The van der Waals surface area contributed by atoms with Gasteiger partial charge in [-0.05, 0) is 28.1 Å². The monoisotopic (exact) mass is 330 g/mol. The Morgan fingerprint density at radius 2 is 2.00 bits per heavy atom. The third-order valence-electron chi connectivity index (χ3n) is 2.07. The van der Waals surface area contributed by atoms with Gasteiger partial charge >= 0.3 is 0 Å². The molecule has 0 saturated heterocycles. The molecule has 15 heavy (non-hydrogen) atoms. The molecule has 0 saturated carbocycles. The second-order valence-electron chi connectivity index (χ2n) is 2.98. The number of alkyl halides is 1. The molecule has 0 amide bonds. The standard InChI is InChI=1S/C11H8Br2O2/c1-7-9(3-5-14-7)10(13)11-8(6-12)2-4-15-11/h2-5H,1,6H2/b10-9+. The Balaban J connectivity index is 2.68. The van der Waals surface area contributed by atoms with Crippen molar-refractivity contribution in [2.45, 2.75) is 5.33 Å². The van der Waals surface area contributed by atoms with Crippen molar-refractivity contribution in [2.75, 3.05) is 0 Å². The predicted molar refractivity (Wildman–Crippen MR) is 66.3 cm³/mol. The van der Waals surface area contributed by atoms with Crippen LogP contribution in [0.3, 0.4) is 0 Å². The van der Waals surface area contributed by atoms with E-state index in [1.807, 2.05) is 12.1 Å². The van der Waals surface area contributed by atoms with E-state index in [0.717, 1.165) is 26.4 Å². The quantitative estimate of drug-likeness (QED) is 0.791. The first-order valence-corrected chi connectivity index (χ1v) is 6.20. The number of furan rings is 2. The lowest BCUT2D eigenvalue weighted by atomic mass is 10.2. The third kappa shape index (κ3) is 1.96. The summed E-state index contributed by atoms with van der Waals surface area (Å²) in [5.74, 6) is 0.804. The van der Waals surface area contributed by atoms with Crippen molar-refractivity contribution in [3.8, 4) is 0 Å². The molecule has 2 aromatic rings. The third-order valence-corrected chi connectivity index (χ3v) is 3.46. The molecule has 0 aliphatic rings. The SMILES string of the molecule is C=c1occ/c1=C(\Br)c1occc1CBr. The molecular weight excluding hydrogens is 324 g/mol. The van der Waals surface area contributed by atoms with Gasteiger partial charge in [-0.3, -0.25) is 0 Å². The fourth-order valence-corrected chi connectivity index (χ4v) is 2.43. The number of hydrogen-bond donors (Lipinski definition) is 0. The Hall–Kier alpha value is -0.740. The number of halogens is 2. The van der Waals surface area contributed by atoms with Crippen LogP contribution in [0.1, 0.15) is 11.3 Å². The molecular formula is C11H8Br2O2. The van der Waals surface area contributed by atoms with Crippen molar-refractivity contribution < 1.29 is 8.83 Å². The summed E-state index contributed by atoms with van der Waals surface area (Å²) in [6, 6.07) is 3.78. The topological polar surface area (TPSA) is 26.3 Å². The van der Waals surface area contributed by atoms with E-state index in [0.29, 0.717) is 5.42 Å². The maximum atomic E-state index is 5.41. The Kier molecular flexibility index (Phi) is 3.17. The van der Waals surface area contributed by atoms with Gasteiger partial charge in [0.25, 0.3) is 0 Å². The normalized spacial score (nSPS) is 12.9. The number of hydrogen-bond acceptors (Lipinski definition) is 2. The molecule has 2 heterocycles. The first-order chi connectivity index (χ1) is 7.24. The van der Waals surface area contributed by atoms with E-state index >= 15 is 0 Å². The van der Waals surface area contributed by atoms with Crippen LogP contribution in [0.5, 0.6) is 0 Å². The molecule has 0 N–H and O–H groups in total. The summed E-state index contributed by atoms with van der Waals surface area (Å²) in [5.41, 5.74) is 1.71. The molecule has 2 aromatic heterocycles. The van der Waals surface area contributed by atoms with Crippen molar-refractivity contribution in [3.05, 3.63) is 46.6 Å². The fraction of sp³-hybridized carbons (Fsp3) is 0.0909. The van der Waals surface area contributed by atoms with Crippen LogP contribution in [-0.2, 0) is 5.33 Å². The Morgan fingerprint density at radius 3 is 2.60 bits per heavy atom. The highest BCUT2D eigenvalue weighted by atomic mass is 79.9. The van der Waals surface area contributed by atoms with Crippen LogP contribution in [-0.4, -0.2) is 0 Å². The molecule has 0 spiro atoms. The zero-order valence-corrected chi connectivity index (χ0v) is 11.0. The first kappa shape index (κ1) is 10.8. The Labute approximate surface area is 104 Å². The fourth-order valence-electron chi connectivity index (χ4n) is 1.29. The molecule has 0 bridgehead atoms. The van der Waals surface area contributed by atoms with Gasteiger partial charge in [-0.1, -0.05) is 22.5 Å². The summed E-state index contributed by atoms with van der Waals surface area (Å²) in [7, 11) is 0. The van der Waals surface area contributed by atoms with E-state index in [9.17, 15) is 0 Å². The highest BCUT2D eigenvalue weighted by Gasteiger charge is 2.09. The van der Waals surface area contributed by atoms with Gasteiger partial charge in [0, 0.05) is 16.1 Å². The molecule has 0 unspecified atom stereocenters. The summed E-state index contributed by atoms with van der Waals surface area (Å²) in [6.45, 7) is 3.80. The van der Waals surface area contributed by atoms with Gasteiger partial charge in [0.05, 0.1) is 17.0 Å². The van der Waals surface area contributed by atoms with E-state index in [-0.39, 0.29) is 0 Å². The zero-order valence-electron chi connectivity index (χ0n) is 7.80. The zero-order chi connectivity index (χ0) is 10.8. The number of rotatable bonds is 2. The van der Waals surface area contributed by atoms with Crippen LogP contribution in [0.15, 0.2) is 33.5 Å². The van der Waals surface area contributed by atoms with Crippen molar-refractivity contribution in [1.29, 1.82) is 0 Å². The molecule has 2 rings (SSSR count). The van der Waals surface area contributed by atoms with Gasteiger partial charge in [0.1, 0.15) is 11.2 Å². The first-order valence-electron chi connectivity index (χ1n) is 4.29. The van der Waals surface area contributed by atoms with Crippen LogP contribution in [0.25, 0.3) is 11.1 Å². The van der Waals surface area contributed by atoms with Crippen LogP contribution in [0, 0.1) is 0 Å². The lowest BCUT2D eigenvalue weighted by Crippen LogP contribution is -2.19. The predicted octanol–water partition coefficient (Wildman–Crippen LogP) is 2.73. The Morgan fingerprint density at radius 1 is 1.27 bits per heavy atom. The molecule has 0 atom stereocenters. The highest BCUT2D eigenvalue weighted by Crippen LogP contribution is 2.24. The van der Waals surface area contributed by atoms with E-state index in [1.165, 1.54) is 0 Å². The maximum Gasteiger partial charge on any atom is 0.145 e. The van der Waals surface area contributed by atoms with Gasteiger partial charge in [-0.2, -0.15) is 0 Å². The Bertz CT molecular complexity index is 565. The van der Waals surface area contributed by atoms with Gasteiger partial charge in [0.15, 0.2) is 0 Å². The molecule has 0 fully saturated rings. The second-order valence-corrected chi connectivity index (χ2v) is 4.33. The summed E-state index contributed by atoms with van der Waals surface area (Å²) in [6.07, 6.45) is 3.27. The molecule has 0 aromatic carbocycles. The molecule has 78 valence electrons. The van der Waals surface area contributed by atoms with E-state index in [1.54, 1.807) is 12.5 Å². The maximum absolute atomic E-state index is 5.41. The summed E-state index contributed by atoms with van der Waals surface area (Å²) in [5, 5.41) is 1.66. The lowest BCUT2D eigenvalue weighted by molar-refractivity contribution is 0.531. The van der Waals surface area contributed by atoms with Gasteiger partial charge in [0.2, 0.25) is 0 Å². The highest BCUT2D eigenvalue weighted by molar-refractivity contribution is 9.15. The van der Waals surface area contributed by atoms with Crippen molar-refractivity contribution in [3.63, 3.8) is 0 Å². The largest absolute Gasteiger partial charge is 0.465 e. The van der Waals surface area contributed by atoms with Crippen molar-refractivity contribution in [2.24, 2.45) is 0 Å². The minimum Gasteiger partial charge on any atom is -0.465 e. The summed E-state index contributed by atoms with van der Waals surface area (Å²) in [4.78, 5) is 0. The van der Waals surface area contributed by atoms with Gasteiger partial charge in [-0.15, -0.1) is 0 Å². The summed E-state index contributed by atoms with van der Waals surface area (Å²) >= 11 is 6.90. The molecule has 0 radical (unpaired) electrons. The minimum atomic E-state index is 0.624. The summed E-state index contributed by atoms with van der Waals surface area (Å²) < 4.78 is 11.4. The van der Waals surface area contributed by atoms with E-state index in [4.69, 9.17) is 8.83 Å². The van der Waals surface area contributed by atoms with Crippen LogP contribution < -0.4 is 10.6 Å². The molecule has 0 aliphatic carbocycles. The van der Waals surface area contributed by atoms with Crippen molar-refractivity contribution >= 4 is 42.9 Å². The van der Waals surface area contributed by atoms with Crippen molar-refractivity contribution in [1.82, 2.24) is 0 Å². The average Bonchev–Trinajstić information content (AvgIpc) is 2.84. The van der Waals surface area contributed by atoms with E-state index < -0.39 is 0 Å². The molecule has 0 aliphatic heterocycles. The van der Waals surface area contributed by atoms with Gasteiger partial charge < -0.3 is 8.83 Å². The average molecular weight is 332 g/mol. The second kappa shape index (κ2) is 4.41. The smallest absolute Gasteiger partial charge is 0.145 e. The van der Waals surface area contributed by atoms with Crippen LogP contribution >= 0.6 is 31.9 Å². The lowest BCUT2D eigenvalue weighted by Gasteiger charge is -1.96. The molecule has 4 heteroatoms. The van der Waals surface area contributed by atoms with E-state index in [2.05, 4.69) is 38.4 Å². The van der Waals surface area contributed by atoms with Crippen LogP contribution in [0.2, 0.25) is 0 Å². The van der Waals surface area contributed by atoms with Crippen LogP contribution in [0.4, 0.5) is 0 Å².